The van der Waals surface area contributed by atoms with Gasteiger partial charge in [-0.2, -0.15) is 4.39 Å². The molecule has 19 heavy (non-hydrogen) atoms. The third-order valence-electron chi connectivity index (χ3n) is 2.87. The second-order valence-electron chi connectivity index (χ2n) is 4.12. The predicted molar refractivity (Wildman–Crippen MR) is 72.5 cm³/mol. The molecule has 0 amide bonds. The van der Waals surface area contributed by atoms with Gasteiger partial charge in [-0.05, 0) is 24.3 Å². The first kappa shape index (κ1) is 10.6. The quantitative estimate of drug-likeness (QED) is 0.539. The van der Waals surface area contributed by atoms with Gasteiger partial charge in [-0.25, -0.2) is 15.0 Å². The predicted octanol–water partition coefficient (Wildman–Crippen LogP) is 3.37. The molecule has 0 aliphatic rings. The number of halogens is 1. The molecule has 0 aromatic carbocycles. The van der Waals surface area contributed by atoms with E-state index >= 15 is 0 Å². The maximum absolute atomic E-state index is 13.1. The van der Waals surface area contributed by atoms with Gasteiger partial charge in [0.15, 0.2) is 0 Å². The van der Waals surface area contributed by atoms with Crippen molar-refractivity contribution < 1.29 is 4.39 Å². The van der Waals surface area contributed by atoms with Crippen LogP contribution in [0, 0.1) is 5.95 Å². The van der Waals surface area contributed by atoms with Gasteiger partial charge in [0.05, 0.1) is 0 Å². The molecule has 0 fully saturated rings. The van der Waals surface area contributed by atoms with E-state index in [-0.39, 0.29) is 0 Å². The Bertz CT molecular complexity index is 896. The molecule has 0 radical (unpaired) electrons. The summed E-state index contributed by atoms with van der Waals surface area (Å²) in [6.07, 6.45) is 3.60. The zero-order chi connectivity index (χ0) is 12.8. The Kier molecular flexibility index (Phi) is 2.13. The van der Waals surface area contributed by atoms with Gasteiger partial charge in [0.25, 0.3) is 0 Å². The van der Waals surface area contributed by atoms with Crippen molar-refractivity contribution in [2.75, 3.05) is 0 Å². The Morgan fingerprint density at radius 1 is 1.16 bits per heavy atom. The molecule has 4 aromatic rings. The van der Waals surface area contributed by atoms with E-state index in [1.165, 1.54) is 17.4 Å². The van der Waals surface area contributed by atoms with Gasteiger partial charge in [0.2, 0.25) is 5.95 Å². The number of aromatic nitrogens is 4. The number of H-pyrrole nitrogens is 1. The molecule has 0 atom stereocenters. The van der Waals surface area contributed by atoms with E-state index in [2.05, 4.69) is 19.9 Å². The summed E-state index contributed by atoms with van der Waals surface area (Å²) in [4.78, 5) is 16.3. The Morgan fingerprint density at radius 3 is 3.05 bits per heavy atom. The lowest BCUT2D eigenvalue weighted by Crippen LogP contribution is -1.80. The summed E-state index contributed by atoms with van der Waals surface area (Å²) >= 11 is 1.36. The van der Waals surface area contributed by atoms with Crippen LogP contribution >= 0.6 is 11.3 Å². The standard InChI is InChI=1S/C13H7FN4S/c14-10-2-1-9-13(18-10)19-12(17-9)8-5-7-3-4-15-11(7)16-6-8/h1-6H,(H,15,16). The zero-order valence-corrected chi connectivity index (χ0v) is 10.4. The summed E-state index contributed by atoms with van der Waals surface area (Å²) in [6, 6.07) is 6.92. The van der Waals surface area contributed by atoms with E-state index in [0.717, 1.165) is 21.6 Å². The van der Waals surface area contributed by atoms with E-state index in [9.17, 15) is 4.39 Å². The highest BCUT2D eigenvalue weighted by Gasteiger charge is 2.09. The van der Waals surface area contributed by atoms with Crippen LogP contribution in [-0.4, -0.2) is 19.9 Å². The number of fused-ring (bicyclic) bond motifs is 2. The lowest BCUT2D eigenvalue weighted by molar-refractivity contribution is 0.589. The van der Waals surface area contributed by atoms with Crippen LogP contribution in [-0.2, 0) is 0 Å². The number of nitrogens with zero attached hydrogens (tertiary/aromatic N) is 3. The second kappa shape index (κ2) is 3.83. The van der Waals surface area contributed by atoms with Crippen LogP contribution in [0.25, 0.3) is 32.0 Å². The topological polar surface area (TPSA) is 54.5 Å². The third-order valence-corrected chi connectivity index (χ3v) is 3.88. The molecule has 1 N–H and O–H groups in total. The highest BCUT2D eigenvalue weighted by atomic mass is 32.1. The molecule has 0 aliphatic heterocycles. The van der Waals surface area contributed by atoms with Gasteiger partial charge in [0, 0.05) is 23.3 Å². The van der Waals surface area contributed by atoms with E-state index in [1.54, 1.807) is 12.3 Å². The van der Waals surface area contributed by atoms with E-state index in [1.807, 2.05) is 18.3 Å². The number of hydrogen-bond acceptors (Lipinski definition) is 4. The normalized spacial score (nSPS) is 11.4. The molecule has 0 saturated heterocycles. The molecule has 0 saturated carbocycles. The minimum atomic E-state index is -0.484. The molecule has 6 heteroatoms. The monoisotopic (exact) mass is 270 g/mol. The Labute approximate surface area is 111 Å². The van der Waals surface area contributed by atoms with Crippen LogP contribution < -0.4 is 0 Å². The van der Waals surface area contributed by atoms with Crippen molar-refractivity contribution in [3.8, 4) is 10.6 Å². The highest BCUT2D eigenvalue weighted by molar-refractivity contribution is 7.21. The van der Waals surface area contributed by atoms with Gasteiger partial charge >= 0.3 is 0 Å². The fourth-order valence-corrected chi connectivity index (χ4v) is 2.88. The van der Waals surface area contributed by atoms with Gasteiger partial charge in [0.1, 0.15) is 21.0 Å². The number of rotatable bonds is 1. The van der Waals surface area contributed by atoms with Gasteiger partial charge in [-0.15, -0.1) is 0 Å². The van der Waals surface area contributed by atoms with Crippen LogP contribution in [0.3, 0.4) is 0 Å². The number of aromatic amines is 1. The Morgan fingerprint density at radius 2 is 2.11 bits per heavy atom. The average molecular weight is 270 g/mol. The lowest BCUT2D eigenvalue weighted by atomic mass is 10.2. The smallest absolute Gasteiger partial charge is 0.214 e. The van der Waals surface area contributed by atoms with Gasteiger partial charge < -0.3 is 4.98 Å². The van der Waals surface area contributed by atoms with Crippen LogP contribution in [0.15, 0.2) is 36.7 Å². The maximum atomic E-state index is 13.1. The molecular weight excluding hydrogens is 263 g/mol. The second-order valence-corrected chi connectivity index (χ2v) is 5.09. The molecule has 4 nitrogen and oxygen atoms in total. The summed E-state index contributed by atoms with van der Waals surface area (Å²) in [5.41, 5.74) is 2.46. The lowest BCUT2D eigenvalue weighted by Gasteiger charge is -1.95. The van der Waals surface area contributed by atoms with Crippen molar-refractivity contribution in [2.45, 2.75) is 0 Å². The molecule has 92 valence electrons. The van der Waals surface area contributed by atoms with Crippen molar-refractivity contribution >= 4 is 32.7 Å². The summed E-state index contributed by atoms with van der Waals surface area (Å²) in [5.74, 6) is -0.484. The first-order valence-electron chi connectivity index (χ1n) is 5.66. The minimum Gasteiger partial charge on any atom is -0.346 e. The van der Waals surface area contributed by atoms with Crippen LogP contribution in [0.2, 0.25) is 0 Å². The maximum Gasteiger partial charge on any atom is 0.214 e. The number of hydrogen-bond donors (Lipinski definition) is 1. The fraction of sp³-hybridized carbons (Fsp3) is 0. The van der Waals surface area contributed by atoms with Gasteiger partial charge in [-0.1, -0.05) is 11.3 Å². The van der Waals surface area contributed by atoms with E-state index in [0.29, 0.717) is 10.3 Å². The Balaban J connectivity index is 1.92. The van der Waals surface area contributed by atoms with Crippen LogP contribution in [0.5, 0.6) is 0 Å². The fourth-order valence-electron chi connectivity index (χ4n) is 1.97. The van der Waals surface area contributed by atoms with Crippen molar-refractivity contribution in [1.82, 2.24) is 19.9 Å². The minimum absolute atomic E-state index is 0.484. The molecule has 4 rings (SSSR count). The molecule has 0 bridgehead atoms. The SMILES string of the molecule is Fc1ccc2nc(-c3cnc4[nH]ccc4c3)sc2n1. The largest absolute Gasteiger partial charge is 0.346 e. The third kappa shape index (κ3) is 1.68. The molecule has 0 aliphatic carbocycles. The highest BCUT2D eigenvalue weighted by Crippen LogP contribution is 2.29. The zero-order valence-electron chi connectivity index (χ0n) is 9.59. The average Bonchev–Trinajstić information content (AvgIpc) is 3.02. The van der Waals surface area contributed by atoms with Crippen molar-refractivity contribution in [2.24, 2.45) is 0 Å². The van der Waals surface area contributed by atoms with E-state index < -0.39 is 5.95 Å². The van der Waals surface area contributed by atoms with Crippen molar-refractivity contribution in [3.63, 3.8) is 0 Å². The van der Waals surface area contributed by atoms with Crippen molar-refractivity contribution in [1.29, 1.82) is 0 Å². The summed E-state index contributed by atoms with van der Waals surface area (Å²) < 4.78 is 13.1. The van der Waals surface area contributed by atoms with Crippen LogP contribution in [0.1, 0.15) is 0 Å². The van der Waals surface area contributed by atoms with Crippen molar-refractivity contribution in [3.05, 3.63) is 42.6 Å². The number of pyridine rings is 2. The summed E-state index contributed by atoms with van der Waals surface area (Å²) in [5, 5.41) is 1.82. The molecule has 4 heterocycles. The number of thiazole rings is 1. The summed E-state index contributed by atoms with van der Waals surface area (Å²) in [6.45, 7) is 0. The van der Waals surface area contributed by atoms with E-state index in [4.69, 9.17) is 0 Å². The molecular formula is C13H7FN4S. The molecule has 4 aromatic heterocycles. The molecule has 0 unspecified atom stereocenters. The Hall–Kier alpha value is -2.34. The van der Waals surface area contributed by atoms with Crippen LogP contribution in [0.4, 0.5) is 4.39 Å². The number of nitrogens with one attached hydrogen (secondary N) is 1. The summed E-state index contributed by atoms with van der Waals surface area (Å²) in [7, 11) is 0. The molecule has 0 spiro atoms. The first-order chi connectivity index (χ1) is 9.29. The van der Waals surface area contributed by atoms with Gasteiger partial charge in [-0.3, -0.25) is 0 Å². The first-order valence-corrected chi connectivity index (χ1v) is 6.48.